The lowest BCUT2D eigenvalue weighted by atomic mass is 9.88. The van der Waals surface area contributed by atoms with Crippen molar-refractivity contribution in [2.24, 2.45) is 0 Å². The number of aryl methyl sites for hydroxylation is 1. The fraction of sp³-hybridized carbons (Fsp3) is 0.235. The first kappa shape index (κ1) is 15.8. The third-order valence-corrected chi connectivity index (χ3v) is 4.23. The van der Waals surface area contributed by atoms with E-state index in [0.717, 1.165) is 0 Å². The summed E-state index contributed by atoms with van der Waals surface area (Å²) in [5.41, 5.74) is 0.232. The highest BCUT2D eigenvalue weighted by molar-refractivity contribution is 5.78. The van der Waals surface area contributed by atoms with Crippen LogP contribution in [0.25, 0.3) is 0 Å². The number of aliphatic hydroxyl groups excluding tert-OH is 1. The lowest BCUT2D eigenvalue weighted by molar-refractivity contribution is 0.0675. The summed E-state index contributed by atoms with van der Waals surface area (Å²) in [6.07, 6.45) is 0.392. The maximum atomic E-state index is 12.3. The number of benzene rings is 1. The molecule has 0 radical (unpaired) electrons. The van der Waals surface area contributed by atoms with Crippen molar-refractivity contribution in [2.45, 2.75) is 25.2 Å². The van der Waals surface area contributed by atoms with Crippen LogP contribution in [0, 0.1) is 18.3 Å². The van der Waals surface area contributed by atoms with E-state index in [4.69, 9.17) is 5.26 Å². The van der Waals surface area contributed by atoms with Crippen LogP contribution in [0.5, 0.6) is 0 Å². The third-order valence-electron chi connectivity index (χ3n) is 4.23. The molecule has 1 aromatic heterocycles. The molecule has 0 aliphatic carbocycles. The molecule has 2 amide bonds. The average molecular weight is 324 g/mol. The Morgan fingerprint density at radius 3 is 2.58 bits per heavy atom. The summed E-state index contributed by atoms with van der Waals surface area (Å²) in [4.78, 5) is 24.1. The van der Waals surface area contributed by atoms with Gasteiger partial charge < -0.3 is 20.3 Å². The van der Waals surface area contributed by atoms with E-state index in [1.807, 2.05) is 6.07 Å². The van der Waals surface area contributed by atoms with Crippen molar-refractivity contribution < 1.29 is 9.90 Å². The van der Waals surface area contributed by atoms with Gasteiger partial charge in [-0.1, -0.05) is 18.2 Å². The van der Waals surface area contributed by atoms with Crippen LogP contribution in [0.4, 0.5) is 4.79 Å². The predicted octanol–water partition coefficient (Wildman–Crippen LogP) is 0.555. The first-order valence-electron chi connectivity index (χ1n) is 7.40. The van der Waals surface area contributed by atoms with Gasteiger partial charge in [-0.2, -0.15) is 5.26 Å². The summed E-state index contributed by atoms with van der Waals surface area (Å²) in [5.74, 6) is 0. The Labute approximate surface area is 138 Å². The minimum absolute atomic E-state index is 0.0549. The number of urea groups is 1. The molecule has 1 saturated heterocycles. The molecule has 0 bridgehead atoms. The van der Waals surface area contributed by atoms with E-state index in [2.05, 4.69) is 10.6 Å². The molecule has 0 saturated carbocycles. The summed E-state index contributed by atoms with van der Waals surface area (Å²) in [6, 6.07) is 11.5. The first-order valence-corrected chi connectivity index (χ1v) is 7.40. The number of nitrogens with one attached hydrogen (secondary N) is 2. The molecule has 2 heterocycles. The van der Waals surface area contributed by atoms with Crippen molar-refractivity contribution in [2.75, 3.05) is 0 Å². The standard InChI is InChI=1S/C17H16N4O3/c1-11-3-2-8-21(14(11)22)10-17(15(23)19-16(24)20-17)13-6-4-12(9-18)5-7-13/h2-8,15,23H,10H2,1H3,(H2,19,20,24). The topological polar surface area (TPSA) is 107 Å². The number of aromatic nitrogens is 1. The number of nitriles is 1. The van der Waals surface area contributed by atoms with Crippen LogP contribution in [0.3, 0.4) is 0 Å². The van der Waals surface area contributed by atoms with Crippen LogP contribution in [0.2, 0.25) is 0 Å². The Balaban J connectivity index is 2.09. The molecule has 24 heavy (non-hydrogen) atoms. The van der Waals surface area contributed by atoms with E-state index in [-0.39, 0.29) is 12.1 Å². The Morgan fingerprint density at radius 2 is 2.00 bits per heavy atom. The van der Waals surface area contributed by atoms with Crippen molar-refractivity contribution in [3.8, 4) is 6.07 Å². The normalized spacial score (nSPS) is 22.5. The number of rotatable bonds is 3. The van der Waals surface area contributed by atoms with E-state index < -0.39 is 17.8 Å². The molecule has 2 aromatic rings. The minimum Gasteiger partial charge on any atom is -0.371 e. The molecular weight excluding hydrogens is 308 g/mol. The molecule has 7 nitrogen and oxygen atoms in total. The summed E-state index contributed by atoms with van der Waals surface area (Å²) in [5, 5.41) is 24.5. The van der Waals surface area contributed by atoms with Crippen molar-refractivity contribution in [3.63, 3.8) is 0 Å². The third kappa shape index (κ3) is 2.53. The highest BCUT2D eigenvalue weighted by Gasteiger charge is 2.47. The van der Waals surface area contributed by atoms with Gasteiger partial charge in [-0.15, -0.1) is 0 Å². The Hall–Kier alpha value is -3.11. The van der Waals surface area contributed by atoms with Gasteiger partial charge in [-0.05, 0) is 30.7 Å². The van der Waals surface area contributed by atoms with Gasteiger partial charge in [0.15, 0.2) is 6.23 Å². The van der Waals surface area contributed by atoms with Crippen LogP contribution in [-0.2, 0) is 12.1 Å². The Bertz CT molecular complexity index is 882. The minimum atomic E-state index is -1.22. The number of hydrogen-bond donors (Lipinski definition) is 3. The van der Waals surface area contributed by atoms with Crippen LogP contribution in [-0.4, -0.2) is 21.9 Å². The number of pyridine rings is 1. The Kier molecular flexibility index (Phi) is 3.83. The largest absolute Gasteiger partial charge is 0.371 e. The quantitative estimate of drug-likeness (QED) is 0.766. The van der Waals surface area contributed by atoms with E-state index in [1.54, 1.807) is 49.5 Å². The highest BCUT2D eigenvalue weighted by Crippen LogP contribution is 2.29. The smallest absolute Gasteiger partial charge is 0.317 e. The zero-order valence-corrected chi connectivity index (χ0v) is 13.0. The van der Waals surface area contributed by atoms with Gasteiger partial charge >= 0.3 is 6.03 Å². The van der Waals surface area contributed by atoms with Gasteiger partial charge in [0.2, 0.25) is 0 Å². The summed E-state index contributed by atoms with van der Waals surface area (Å²) in [6.45, 7) is 1.76. The van der Waals surface area contributed by atoms with Crippen molar-refractivity contribution >= 4 is 6.03 Å². The monoisotopic (exact) mass is 324 g/mol. The second-order valence-electron chi connectivity index (χ2n) is 5.79. The maximum Gasteiger partial charge on any atom is 0.317 e. The Morgan fingerprint density at radius 1 is 1.29 bits per heavy atom. The lowest BCUT2D eigenvalue weighted by Gasteiger charge is -2.32. The summed E-state index contributed by atoms with van der Waals surface area (Å²) in [7, 11) is 0. The SMILES string of the molecule is Cc1cccn(CC2(c3ccc(C#N)cc3)NC(=O)NC2O)c1=O. The fourth-order valence-corrected chi connectivity index (χ4v) is 2.89. The highest BCUT2D eigenvalue weighted by atomic mass is 16.3. The number of amides is 2. The van der Waals surface area contributed by atoms with Crippen LogP contribution in [0.15, 0.2) is 47.4 Å². The molecule has 3 rings (SSSR count). The molecule has 0 spiro atoms. The molecule has 1 aromatic carbocycles. The number of hydrogen-bond acceptors (Lipinski definition) is 4. The number of nitrogens with zero attached hydrogens (tertiary/aromatic N) is 2. The van der Waals surface area contributed by atoms with Crippen molar-refractivity contribution in [1.82, 2.24) is 15.2 Å². The predicted molar refractivity (Wildman–Crippen MR) is 85.9 cm³/mol. The van der Waals surface area contributed by atoms with Crippen LogP contribution < -0.4 is 16.2 Å². The van der Waals surface area contributed by atoms with Gasteiger partial charge in [0.1, 0.15) is 5.54 Å². The van der Waals surface area contributed by atoms with E-state index >= 15 is 0 Å². The zero-order valence-electron chi connectivity index (χ0n) is 13.0. The zero-order chi connectivity index (χ0) is 17.3. The van der Waals surface area contributed by atoms with Crippen LogP contribution in [0.1, 0.15) is 16.7 Å². The summed E-state index contributed by atoms with van der Waals surface area (Å²) >= 11 is 0. The second kappa shape index (κ2) is 5.83. The average Bonchev–Trinajstić information content (AvgIpc) is 2.86. The molecule has 1 fully saturated rings. The number of carbonyl (C=O) groups is 1. The summed E-state index contributed by atoms with van der Waals surface area (Å²) < 4.78 is 1.45. The van der Waals surface area contributed by atoms with E-state index in [1.165, 1.54) is 4.57 Å². The van der Waals surface area contributed by atoms with Crippen molar-refractivity contribution in [1.29, 1.82) is 5.26 Å². The molecule has 122 valence electrons. The maximum absolute atomic E-state index is 12.3. The number of carbonyl (C=O) groups excluding carboxylic acids is 1. The fourth-order valence-electron chi connectivity index (χ4n) is 2.89. The molecule has 2 atom stereocenters. The van der Waals surface area contributed by atoms with Crippen LogP contribution >= 0.6 is 0 Å². The van der Waals surface area contributed by atoms with E-state index in [9.17, 15) is 14.7 Å². The molecule has 1 aliphatic heterocycles. The van der Waals surface area contributed by atoms with Gasteiger partial charge in [-0.25, -0.2) is 4.79 Å². The molecule has 3 N–H and O–H groups in total. The van der Waals surface area contributed by atoms with E-state index in [0.29, 0.717) is 16.7 Å². The van der Waals surface area contributed by atoms with Gasteiger partial charge in [0.05, 0.1) is 18.2 Å². The first-order chi connectivity index (χ1) is 11.5. The van der Waals surface area contributed by atoms with Gasteiger partial charge in [0.25, 0.3) is 5.56 Å². The molecule has 2 unspecified atom stereocenters. The lowest BCUT2D eigenvalue weighted by Crippen LogP contribution is -2.51. The molecule has 7 heteroatoms. The van der Waals surface area contributed by atoms with Crippen molar-refractivity contribution in [3.05, 3.63) is 69.6 Å². The molecular formula is C17H16N4O3. The van der Waals surface area contributed by atoms with Gasteiger partial charge in [0, 0.05) is 11.8 Å². The molecule has 1 aliphatic rings. The number of aliphatic hydroxyl groups is 1. The second-order valence-corrected chi connectivity index (χ2v) is 5.79. The van der Waals surface area contributed by atoms with Gasteiger partial charge in [-0.3, -0.25) is 4.79 Å².